The third-order valence-corrected chi connectivity index (χ3v) is 6.61. The van der Waals surface area contributed by atoms with Crippen LogP contribution in [0.5, 0.6) is 5.75 Å². The van der Waals surface area contributed by atoms with Crippen LogP contribution in [-0.2, 0) is 21.4 Å². The average molecular weight is 533 g/mol. The van der Waals surface area contributed by atoms with E-state index >= 15 is 0 Å². The minimum absolute atomic E-state index is 0.0254. The zero-order chi connectivity index (χ0) is 27.9. The van der Waals surface area contributed by atoms with Gasteiger partial charge >= 0.3 is 6.09 Å². The fraction of sp³-hybridized carbons (Fsp3) is 0.519. The highest BCUT2D eigenvalue weighted by molar-refractivity contribution is 6.31. The number of rotatable bonds is 10. The molecule has 2 aromatic rings. The third kappa shape index (κ3) is 10.4. The quantitative estimate of drug-likeness (QED) is 0.351. The van der Waals surface area contributed by atoms with E-state index in [1.807, 2.05) is 30.3 Å². The van der Waals surface area contributed by atoms with Crippen LogP contribution in [0.4, 0.5) is 4.79 Å². The fourth-order valence-corrected chi connectivity index (χ4v) is 3.93. The van der Waals surface area contributed by atoms with Crippen LogP contribution in [-0.4, -0.2) is 40.5 Å². The van der Waals surface area contributed by atoms with Crippen molar-refractivity contribution in [2.45, 2.75) is 78.2 Å². The number of amides is 2. The van der Waals surface area contributed by atoms with E-state index in [2.05, 4.69) is 31.4 Å². The molecule has 0 saturated heterocycles. The van der Waals surface area contributed by atoms with Crippen molar-refractivity contribution in [2.24, 2.45) is 0 Å². The van der Waals surface area contributed by atoms with Gasteiger partial charge in [-0.15, -0.1) is 0 Å². The van der Waals surface area contributed by atoms with Gasteiger partial charge in [-0.05, 0) is 45.2 Å². The summed E-state index contributed by atoms with van der Waals surface area (Å²) in [6, 6.07) is 10.6. The number of benzene rings is 1. The van der Waals surface area contributed by atoms with Crippen LogP contribution < -0.4 is 20.8 Å². The minimum Gasteiger partial charge on any atom is -0.481 e. The van der Waals surface area contributed by atoms with Gasteiger partial charge < -0.3 is 29.0 Å². The SMILES string of the molecule is CC(C)(C)OC(=O)NCCNC(=O)c1oc(C(C)(C)O[SiH2]C(C)(C)C)cc(=O)c1OCc1ccccc1. The highest BCUT2D eigenvalue weighted by Gasteiger charge is 2.31. The molecule has 2 rings (SSSR count). The first kappa shape index (κ1) is 30.1. The maximum Gasteiger partial charge on any atom is 0.407 e. The number of ether oxygens (including phenoxy) is 2. The number of hydrogen-bond acceptors (Lipinski definition) is 7. The molecular weight excluding hydrogens is 492 g/mol. The van der Waals surface area contributed by atoms with Crippen LogP contribution in [0.1, 0.15) is 77.3 Å². The van der Waals surface area contributed by atoms with E-state index in [0.717, 1.165) is 5.56 Å². The second-order valence-corrected chi connectivity index (χ2v) is 14.2. The molecule has 10 heteroatoms. The number of alkyl carbamates (subject to hydrolysis) is 1. The van der Waals surface area contributed by atoms with E-state index in [1.54, 1.807) is 34.6 Å². The van der Waals surface area contributed by atoms with Crippen LogP contribution in [0, 0.1) is 0 Å². The lowest BCUT2D eigenvalue weighted by atomic mass is 10.1. The van der Waals surface area contributed by atoms with Crippen molar-refractivity contribution >= 4 is 21.8 Å². The van der Waals surface area contributed by atoms with Crippen LogP contribution in [0.2, 0.25) is 5.04 Å². The summed E-state index contributed by atoms with van der Waals surface area (Å²) in [5, 5.41) is 5.26. The van der Waals surface area contributed by atoms with Gasteiger partial charge in [0.25, 0.3) is 5.91 Å². The number of carbonyl (C=O) groups is 2. The molecule has 9 nitrogen and oxygen atoms in total. The average Bonchev–Trinajstić information content (AvgIpc) is 2.78. The topological polar surface area (TPSA) is 116 Å². The second-order valence-electron chi connectivity index (χ2n) is 11.5. The molecule has 0 aliphatic heterocycles. The molecule has 0 bridgehead atoms. The van der Waals surface area contributed by atoms with E-state index in [4.69, 9.17) is 18.3 Å². The zero-order valence-corrected chi connectivity index (χ0v) is 24.6. The molecule has 204 valence electrons. The Bertz CT molecular complexity index is 1120. The normalized spacial score (nSPS) is 12.4. The summed E-state index contributed by atoms with van der Waals surface area (Å²) in [7, 11) is -0.980. The Hall–Kier alpha value is -3.11. The third-order valence-electron chi connectivity index (χ3n) is 4.87. The molecule has 37 heavy (non-hydrogen) atoms. The molecule has 0 spiro atoms. The summed E-state index contributed by atoms with van der Waals surface area (Å²) in [4.78, 5) is 38.0. The van der Waals surface area contributed by atoms with Gasteiger partial charge in [-0.3, -0.25) is 9.59 Å². The molecule has 1 aromatic carbocycles. The number of carbonyl (C=O) groups excluding carboxylic acids is 2. The van der Waals surface area contributed by atoms with Gasteiger partial charge in [0.05, 0.1) is 0 Å². The van der Waals surface area contributed by atoms with Crippen molar-refractivity contribution in [3.63, 3.8) is 0 Å². The van der Waals surface area contributed by atoms with Crippen LogP contribution in [0.3, 0.4) is 0 Å². The summed E-state index contributed by atoms with van der Waals surface area (Å²) in [6.45, 7) is 15.5. The summed E-state index contributed by atoms with van der Waals surface area (Å²) in [5.74, 6) is -0.839. The van der Waals surface area contributed by atoms with Gasteiger partial charge in [-0.1, -0.05) is 51.1 Å². The Morgan fingerprint density at radius 2 is 1.57 bits per heavy atom. The van der Waals surface area contributed by atoms with Gasteiger partial charge in [0.2, 0.25) is 16.9 Å². The molecule has 0 fully saturated rings. The van der Waals surface area contributed by atoms with Crippen molar-refractivity contribution < 1.29 is 27.9 Å². The molecule has 1 aromatic heterocycles. The lowest BCUT2D eigenvalue weighted by Gasteiger charge is -2.29. The summed E-state index contributed by atoms with van der Waals surface area (Å²) in [5.41, 5.74) is -1.20. The summed E-state index contributed by atoms with van der Waals surface area (Å²) < 4.78 is 23.1. The van der Waals surface area contributed by atoms with Crippen LogP contribution in [0.25, 0.3) is 0 Å². The van der Waals surface area contributed by atoms with Gasteiger partial charge in [-0.25, -0.2) is 4.79 Å². The Morgan fingerprint density at radius 1 is 0.946 bits per heavy atom. The van der Waals surface area contributed by atoms with Crippen molar-refractivity contribution in [1.82, 2.24) is 10.6 Å². The monoisotopic (exact) mass is 532 g/mol. The van der Waals surface area contributed by atoms with Gasteiger partial charge in [0.15, 0.2) is 9.76 Å². The predicted molar refractivity (Wildman–Crippen MR) is 145 cm³/mol. The first-order chi connectivity index (χ1) is 17.1. The van der Waals surface area contributed by atoms with E-state index in [9.17, 15) is 14.4 Å². The summed E-state index contributed by atoms with van der Waals surface area (Å²) >= 11 is 0. The van der Waals surface area contributed by atoms with E-state index in [-0.39, 0.29) is 42.0 Å². The molecule has 0 aliphatic carbocycles. The largest absolute Gasteiger partial charge is 0.481 e. The van der Waals surface area contributed by atoms with Crippen molar-refractivity contribution in [2.75, 3.05) is 13.1 Å². The van der Waals surface area contributed by atoms with Crippen molar-refractivity contribution in [3.05, 3.63) is 63.7 Å². The first-order valence-corrected chi connectivity index (χ1v) is 13.6. The predicted octanol–water partition coefficient (Wildman–Crippen LogP) is 4.03. The maximum atomic E-state index is 13.1. The minimum atomic E-state index is -0.980. The van der Waals surface area contributed by atoms with Crippen molar-refractivity contribution in [1.29, 1.82) is 0 Å². The summed E-state index contributed by atoms with van der Waals surface area (Å²) in [6.07, 6.45) is -0.593. The molecular formula is C27H40N2O7Si. The molecule has 0 saturated carbocycles. The molecule has 0 aliphatic rings. The smallest absolute Gasteiger partial charge is 0.407 e. The Morgan fingerprint density at radius 3 is 2.16 bits per heavy atom. The Kier molecular flexibility index (Phi) is 10.1. The lowest BCUT2D eigenvalue weighted by molar-refractivity contribution is 0.0525. The highest BCUT2D eigenvalue weighted by Crippen LogP contribution is 2.31. The molecule has 0 unspecified atom stereocenters. The lowest BCUT2D eigenvalue weighted by Crippen LogP contribution is -2.38. The second kappa shape index (κ2) is 12.4. The van der Waals surface area contributed by atoms with E-state index in [1.165, 1.54) is 6.07 Å². The van der Waals surface area contributed by atoms with Crippen molar-refractivity contribution in [3.8, 4) is 5.75 Å². The van der Waals surface area contributed by atoms with Crippen LogP contribution in [0.15, 0.2) is 45.6 Å². The van der Waals surface area contributed by atoms with Gasteiger partial charge in [0, 0.05) is 19.2 Å². The molecule has 2 N–H and O–H groups in total. The number of hydrogen-bond donors (Lipinski definition) is 2. The van der Waals surface area contributed by atoms with E-state index < -0.39 is 38.4 Å². The Balaban J connectivity index is 2.24. The van der Waals surface area contributed by atoms with Gasteiger partial charge in [0.1, 0.15) is 23.6 Å². The van der Waals surface area contributed by atoms with E-state index in [0.29, 0.717) is 0 Å². The van der Waals surface area contributed by atoms with Crippen LogP contribution >= 0.6 is 0 Å². The maximum absolute atomic E-state index is 13.1. The molecule has 0 atom stereocenters. The van der Waals surface area contributed by atoms with Gasteiger partial charge in [-0.2, -0.15) is 0 Å². The fourth-order valence-electron chi connectivity index (χ4n) is 3.00. The Labute approximate surface area is 221 Å². The zero-order valence-electron chi connectivity index (χ0n) is 23.2. The first-order valence-electron chi connectivity index (χ1n) is 12.3. The molecule has 2 amide bonds. The molecule has 1 heterocycles. The number of nitrogens with one attached hydrogen (secondary N) is 2. The standard InChI is InChI=1S/C27H40N2O7Si/c1-25(2,3)35-24(32)29-15-14-28-23(31)22-21(33-17-18-12-10-9-11-13-18)19(30)16-20(34-22)27(7,8)36-37-26(4,5)6/h9-13,16H,14-15,17,37H2,1-8H3,(H,28,31)(H,29,32). The highest BCUT2D eigenvalue weighted by atomic mass is 28.2. The molecule has 0 radical (unpaired) electrons.